The molecule has 2 aromatic rings. The molecule has 2 aliphatic rings. The number of nitrogens with zero attached hydrogens (tertiary/aromatic N) is 1. The van der Waals surface area contributed by atoms with Crippen LogP contribution in [0.4, 0.5) is 24.5 Å². The van der Waals surface area contributed by atoms with Gasteiger partial charge in [-0.3, -0.25) is 14.5 Å². The molecule has 4 rings (SSSR count). The van der Waals surface area contributed by atoms with E-state index in [0.29, 0.717) is 34.0 Å². The molecule has 0 spiro atoms. The summed E-state index contributed by atoms with van der Waals surface area (Å²) in [4.78, 5) is 27.0. The van der Waals surface area contributed by atoms with Gasteiger partial charge in [0.1, 0.15) is 0 Å². The highest BCUT2D eigenvalue weighted by Crippen LogP contribution is 2.50. The number of rotatable bonds is 3. The number of carbonyl (C=O) groups is 2. The lowest BCUT2D eigenvalue weighted by Gasteiger charge is -2.37. The summed E-state index contributed by atoms with van der Waals surface area (Å²) in [7, 11) is 2.85. The van der Waals surface area contributed by atoms with E-state index in [1.807, 2.05) is 13.8 Å². The summed E-state index contributed by atoms with van der Waals surface area (Å²) < 4.78 is 52.3. The van der Waals surface area contributed by atoms with Gasteiger partial charge in [-0.15, -0.1) is 0 Å². The van der Waals surface area contributed by atoms with Crippen LogP contribution in [0.25, 0.3) is 0 Å². The number of amides is 1. The van der Waals surface area contributed by atoms with Gasteiger partial charge in [0, 0.05) is 17.7 Å². The van der Waals surface area contributed by atoms with Crippen molar-refractivity contribution in [2.24, 2.45) is 5.41 Å². The number of ketones is 1. The van der Waals surface area contributed by atoms with Gasteiger partial charge in [0.2, 0.25) is 0 Å². The molecule has 1 heterocycles. The minimum absolute atomic E-state index is 0.0321. The number of hydrogen-bond acceptors (Lipinski definition) is 5. The van der Waals surface area contributed by atoms with Gasteiger partial charge in [0.15, 0.2) is 17.3 Å². The van der Waals surface area contributed by atoms with Crippen LogP contribution in [0.5, 0.6) is 11.5 Å². The minimum Gasteiger partial charge on any atom is -0.493 e. The third-order valence-corrected chi connectivity index (χ3v) is 6.09. The van der Waals surface area contributed by atoms with Crippen molar-refractivity contribution in [3.05, 3.63) is 59.3 Å². The number of carbonyl (C=O) groups excluding carboxylic acids is 2. The SMILES string of the molecule is COc1ccc([C@@H]2C3=C(CC(C)(C)CC3=O)Nc3ccccc3N2C(=O)C(F)(F)F)cc1OC. The van der Waals surface area contributed by atoms with Crippen LogP contribution in [0.15, 0.2) is 53.7 Å². The lowest BCUT2D eigenvalue weighted by Crippen LogP contribution is -2.45. The first kappa shape index (κ1) is 23.7. The first-order chi connectivity index (χ1) is 16.0. The smallest absolute Gasteiger partial charge is 0.471 e. The van der Waals surface area contributed by atoms with Crippen molar-refractivity contribution in [2.45, 2.75) is 38.9 Å². The summed E-state index contributed by atoms with van der Waals surface area (Å²) in [5, 5.41) is 3.18. The zero-order valence-corrected chi connectivity index (χ0v) is 19.2. The highest BCUT2D eigenvalue weighted by atomic mass is 19.4. The summed E-state index contributed by atoms with van der Waals surface area (Å²) in [5.41, 5.74) is 0.898. The van der Waals surface area contributed by atoms with Gasteiger partial charge in [0.05, 0.1) is 31.6 Å². The van der Waals surface area contributed by atoms with Crippen molar-refractivity contribution in [3.8, 4) is 11.5 Å². The molecule has 0 saturated heterocycles. The summed E-state index contributed by atoms with van der Waals surface area (Å²) in [5.74, 6) is -1.73. The van der Waals surface area contributed by atoms with Gasteiger partial charge in [-0.05, 0) is 41.7 Å². The van der Waals surface area contributed by atoms with Crippen molar-refractivity contribution in [2.75, 3.05) is 24.4 Å². The highest BCUT2D eigenvalue weighted by Gasteiger charge is 2.50. The van der Waals surface area contributed by atoms with Gasteiger partial charge in [0.25, 0.3) is 0 Å². The van der Waals surface area contributed by atoms with Crippen molar-refractivity contribution in [1.29, 1.82) is 0 Å². The predicted octanol–water partition coefficient (Wildman–Crippen LogP) is 5.41. The molecule has 0 fully saturated rings. The van der Waals surface area contributed by atoms with Gasteiger partial charge in [-0.2, -0.15) is 13.2 Å². The Balaban J connectivity index is 2.05. The average Bonchev–Trinajstić information content (AvgIpc) is 2.90. The van der Waals surface area contributed by atoms with Crippen LogP contribution in [0.3, 0.4) is 0 Å². The molecule has 1 aliphatic heterocycles. The molecule has 0 saturated carbocycles. The first-order valence-corrected chi connectivity index (χ1v) is 10.7. The van der Waals surface area contributed by atoms with E-state index in [1.165, 1.54) is 26.4 Å². The van der Waals surface area contributed by atoms with E-state index in [4.69, 9.17) is 9.47 Å². The Bertz CT molecular complexity index is 1190. The number of nitrogens with one attached hydrogen (secondary N) is 1. The number of para-hydroxylation sites is 2. The van der Waals surface area contributed by atoms with Crippen LogP contribution in [-0.2, 0) is 9.59 Å². The van der Waals surface area contributed by atoms with Gasteiger partial charge >= 0.3 is 12.1 Å². The maximum absolute atomic E-state index is 13.9. The van der Waals surface area contributed by atoms with E-state index in [9.17, 15) is 22.8 Å². The van der Waals surface area contributed by atoms with Crippen molar-refractivity contribution in [1.82, 2.24) is 0 Å². The quantitative estimate of drug-likeness (QED) is 0.645. The van der Waals surface area contributed by atoms with Crippen molar-refractivity contribution >= 4 is 23.1 Å². The number of halogens is 3. The second kappa shape index (κ2) is 8.38. The second-order valence-corrected chi connectivity index (χ2v) is 9.17. The molecule has 2 aromatic carbocycles. The number of ether oxygens (including phenoxy) is 2. The molecule has 0 unspecified atom stereocenters. The number of alkyl halides is 3. The third kappa shape index (κ3) is 4.10. The Morgan fingerprint density at radius 2 is 1.74 bits per heavy atom. The molecule has 1 atom stereocenters. The van der Waals surface area contributed by atoms with E-state index >= 15 is 0 Å². The third-order valence-electron chi connectivity index (χ3n) is 6.09. The number of methoxy groups -OCH3 is 2. The summed E-state index contributed by atoms with van der Waals surface area (Å²) >= 11 is 0. The zero-order valence-electron chi connectivity index (χ0n) is 19.2. The van der Waals surface area contributed by atoms with E-state index in [0.717, 1.165) is 0 Å². The Morgan fingerprint density at radius 3 is 2.38 bits per heavy atom. The lowest BCUT2D eigenvalue weighted by molar-refractivity contribution is -0.170. The highest BCUT2D eigenvalue weighted by molar-refractivity contribution is 6.07. The fourth-order valence-electron chi connectivity index (χ4n) is 4.69. The topological polar surface area (TPSA) is 67.9 Å². The number of hydrogen-bond donors (Lipinski definition) is 1. The molecular weight excluding hydrogens is 449 g/mol. The normalized spacial score (nSPS) is 19.6. The summed E-state index contributed by atoms with van der Waals surface area (Å²) in [6, 6.07) is 9.54. The largest absolute Gasteiger partial charge is 0.493 e. The zero-order chi connectivity index (χ0) is 24.8. The Kier molecular flexibility index (Phi) is 5.83. The lowest BCUT2D eigenvalue weighted by atomic mass is 9.73. The molecule has 0 bridgehead atoms. The molecule has 1 amide bonds. The number of Topliss-reactive ketones (excluding diaryl/α,β-unsaturated/α-hetero) is 1. The number of benzene rings is 2. The fourth-order valence-corrected chi connectivity index (χ4v) is 4.69. The Morgan fingerprint density at radius 1 is 1.06 bits per heavy atom. The van der Waals surface area contributed by atoms with E-state index < -0.39 is 23.5 Å². The summed E-state index contributed by atoms with van der Waals surface area (Å²) in [6.07, 6.45) is -4.59. The van der Waals surface area contributed by atoms with Gasteiger partial charge in [-0.1, -0.05) is 32.0 Å². The average molecular weight is 474 g/mol. The van der Waals surface area contributed by atoms with Crippen molar-refractivity contribution < 1.29 is 32.2 Å². The second-order valence-electron chi connectivity index (χ2n) is 9.17. The van der Waals surface area contributed by atoms with E-state index in [2.05, 4.69) is 5.32 Å². The Labute approximate surface area is 195 Å². The standard InChI is InChI=1S/C25H25F3N2O4/c1-24(2)12-16-21(18(31)13-24)22(14-9-10-19(33-3)20(11-14)34-4)30(23(32)25(26,27)28)17-8-6-5-7-15(17)29-16/h5-11,22,29H,12-13H2,1-4H3/t22-/m1/s1. The van der Waals surface area contributed by atoms with Crippen LogP contribution >= 0.6 is 0 Å². The number of anilines is 2. The van der Waals surface area contributed by atoms with E-state index in [1.54, 1.807) is 30.3 Å². The molecule has 180 valence electrons. The fraction of sp³-hybridized carbons (Fsp3) is 0.360. The molecule has 6 nitrogen and oxygen atoms in total. The van der Waals surface area contributed by atoms with E-state index in [-0.39, 0.29) is 29.2 Å². The van der Waals surface area contributed by atoms with Gasteiger partial charge < -0.3 is 14.8 Å². The molecule has 1 aliphatic carbocycles. The molecule has 9 heteroatoms. The monoisotopic (exact) mass is 474 g/mol. The van der Waals surface area contributed by atoms with Crippen LogP contribution in [0, 0.1) is 5.41 Å². The Hall–Kier alpha value is -3.49. The maximum atomic E-state index is 13.9. The molecule has 1 N–H and O–H groups in total. The molecule has 34 heavy (non-hydrogen) atoms. The minimum atomic E-state index is -5.16. The van der Waals surface area contributed by atoms with Crippen molar-refractivity contribution in [3.63, 3.8) is 0 Å². The first-order valence-electron chi connectivity index (χ1n) is 10.7. The molecular formula is C25H25F3N2O4. The van der Waals surface area contributed by atoms with Crippen LogP contribution in [-0.4, -0.2) is 32.1 Å². The van der Waals surface area contributed by atoms with Gasteiger partial charge in [-0.25, -0.2) is 0 Å². The maximum Gasteiger partial charge on any atom is 0.471 e. The van der Waals surface area contributed by atoms with Crippen LogP contribution in [0.2, 0.25) is 0 Å². The molecule has 0 aromatic heterocycles. The van der Waals surface area contributed by atoms with Crippen LogP contribution < -0.4 is 19.7 Å². The summed E-state index contributed by atoms with van der Waals surface area (Å²) in [6.45, 7) is 3.86. The molecule has 0 radical (unpaired) electrons. The number of allylic oxidation sites excluding steroid dienone is 1. The van der Waals surface area contributed by atoms with Crippen LogP contribution in [0.1, 0.15) is 38.3 Å². The number of fused-ring (bicyclic) bond motifs is 1. The predicted molar refractivity (Wildman–Crippen MR) is 121 cm³/mol.